The van der Waals surface area contributed by atoms with Gasteiger partial charge in [-0.3, -0.25) is 9.79 Å². The second-order valence-corrected chi connectivity index (χ2v) is 12.5. The molecule has 41 heavy (non-hydrogen) atoms. The Morgan fingerprint density at radius 2 is 1.88 bits per heavy atom. The average molecular weight is 553 g/mol. The van der Waals surface area contributed by atoms with Gasteiger partial charge in [0.25, 0.3) is 0 Å². The van der Waals surface area contributed by atoms with Crippen LogP contribution in [0, 0.1) is 19.8 Å². The summed E-state index contributed by atoms with van der Waals surface area (Å²) in [5.41, 5.74) is 8.81. The number of aliphatic imine (C=N–C) groups is 1. The zero-order valence-corrected chi connectivity index (χ0v) is 26.4. The van der Waals surface area contributed by atoms with Gasteiger partial charge >= 0.3 is 0 Å². The lowest BCUT2D eigenvalue weighted by Gasteiger charge is -2.42. The number of hydrogen-bond donors (Lipinski definition) is 1. The van der Waals surface area contributed by atoms with Crippen molar-refractivity contribution in [3.63, 3.8) is 0 Å². The molecule has 0 bridgehead atoms. The van der Waals surface area contributed by atoms with Crippen molar-refractivity contribution in [3.05, 3.63) is 82.3 Å². The highest BCUT2D eigenvalue weighted by molar-refractivity contribution is 6.08. The van der Waals surface area contributed by atoms with Crippen LogP contribution in [0.1, 0.15) is 102 Å². The molecule has 1 aromatic heterocycles. The summed E-state index contributed by atoms with van der Waals surface area (Å²) in [4.78, 5) is 25.1. The van der Waals surface area contributed by atoms with Gasteiger partial charge in [-0.2, -0.15) is 0 Å². The normalized spacial score (nSPS) is 20.6. The maximum atomic E-state index is 13.6. The van der Waals surface area contributed by atoms with Crippen molar-refractivity contribution in [1.82, 2.24) is 4.98 Å². The smallest absolute Gasteiger partial charge is 0.237 e. The monoisotopic (exact) mass is 552 g/mol. The van der Waals surface area contributed by atoms with Crippen molar-refractivity contribution in [2.24, 2.45) is 10.9 Å². The van der Waals surface area contributed by atoms with E-state index >= 15 is 0 Å². The van der Waals surface area contributed by atoms with Crippen molar-refractivity contribution in [2.75, 3.05) is 10.2 Å². The molecule has 1 saturated carbocycles. The lowest BCUT2D eigenvalue weighted by Crippen LogP contribution is -2.49. The molecule has 1 N–H and O–H groups in total. The van der Waals surface area contributed by atoms with E-state index in [0.717, 1.165) is 76.8 Å². The molecular weight excluding hydrogens is 504 g/mol. The summed E-state index contributed by atoms with van der Waals surface area (Å²) in [5.74, 6) is 1.78. The Bertz CT molecular complexity index is 1400. The number of nitrogens with one attached hydrogen (secondary N) is 1. The van der Waals surface area contributed by atoms with Gasteiger partial charge in [0, 0.05) is 29.8 Å². The Labute approximate surface area is 247 Å². The highest BCUT2D eigenvalue weighted by Crippen LogP contribution is 2.48. The van der Waals surface area contributed by atoms with E-state index in [1.165, 1.54) is 24.0 Å². The van der Waals surface area contributed by atoms with Gasteiger partial charge in [0.15, 0.2) is 0 Å². The second kappa shape index (κ2) is 12.6. The van der Waals surface area contributed by atoms with Crippen molar-refractivity contribution >= 4 is 29.2 Å². The van der Waals surface area contributed by atoms with Crippen LogP contribution in [-0.2, 0) is 10.2 Å². The Hall–Kier alpha value is -3.47. The molecule has 0 atom stereocenters. The van der Waals surface area contributed by atoms with Gasteiger partial charge in [-0.1, -0.05) is 51.8 Å². The van der Waals surface area contributed by atoms with Crippen LogP contribution in [-0.4, -0.2) is 23.1 Å². The van der Waals surface area contributed by atoms with Gasteiger partial charge in [-0.05, 0) is 118 Å². The molecular formula is C36H48N4O. The van der Waals surface area contributed by atoms with Gasteiger partial charge in [0.2, 0.25) is 5.91 Å². The van der Waals surface area contributed by atoms with Crippen LogP contribution in [0.5, 0.6) is 0 Å². The molecule has 2 heterocycles. The van der Waals surface area contributed by atoms with Gasteiger partial charge in [0.1, 0.15) is 5.82 Å². The summed E-state index contributed by atoms with van der Waals surface area (Å²) < 4.78 is 0. The number of hydrogen-bond acceptors (Lipinski definition) is 4. The average Bonchev–Trinajstić information content (AvgIpc) is 3.11. The molecule has 5 heteroatoms. The number of benzene rings is 1. The Morgan fingerprint density at radius 1 is 1.15 bits per heavy atom. The predicted molar refractivity (Wildman–Crippen MR) is 175 cm³/mol. The van der Waals surface area contributed by atoms with Gasteiger partial charge < -0.3 is 10.2 Å². The number of anilines is 2. The van der Waals surface area contributed by atoms with E-state index in [0.29, 0.717) is 6.04 Å². The predicted octanol–water partition coefficient (Wildman–Crippen LogP) is 9.08. The highest BCUT2D eigenvalue weighted by atomic mass is 16.2. The van der Waals surface area contributed by atoms with E-state index in [2.05, 4.69) is 108 Å². The number of aryl methyl sites for hydroxylation is 2. The number of pyridine rings is 1. The molecule has 2 aromatic rings. The van der Waals surface area contributed by atoms with Crippen LogP contribution in [0.4, 0.5) is 11.5 Å². The SMILES string of the molecule is C=C(/C=C(N=CCCC)\C(C)=C(/C)Nc1cc(C)c(C)cn1)c1ccc2c(c1)N(C1CC(CCC)C1)C(=O)C2(C)C. The number of carbonyl (C=O) groups is 1. The van der Waals surface area contributed by atoms with Crippen LogP contribution in [0.3, 0.4) is 0 Å². The Balaban J connectivity index is 1.65. The summed E-state index contributed by atoms with van der Waals surface area (Å²) in [5, 5.41) is 3.47. The van der Waals surface area contributed by atoms with E-state index in [-0.39, 0.29) is 5.91 Å². The topological polar surface area (TPSA) is 57.6 Å². The molecule has 4 rings (SSSR count). The van der Waals surface area contributed by atoms with Crippen molar-refractivity contribution in [2.45, 2.75) is 105 Å². The summed E-state index contributed by atoms with van der Waals surface area (Å²) in [6.45, 7) is 21.3. The molecule has 0 saturated heterocycles. The molecule has 2 aliphatic rings. The molecule has 1 aliphatic heterocycles. The number of carbonyl (C=O) groups excluding carboxylic acids is 1. The minimum Gasteiger partial charge on any atom is -0.344 e. The van der Waals surface area contributed by atoms with E-state index in [9.17, 15) is 4.79 Å². The summed E-state index contributed by atoms with van der Waals surface area (Å²) in [7, 11) is 0. The molecule has 0 spiro atoms. The van der Waals surface area contributed by atoms with Crippen LogP contribution < -0.4 is 10.2 Å². The van der Waals surface area contributed by atoms with Gasteiger partial charge in [-0.25, -0.2) is 4.98 Å². The first kappa shape index (κ1) is 30.5. The van der Waals surface area contributed by atoms with Crippen molar-refractivity contribution in [3.8, 4) is 0 Å². The number of unbranched alkanes of at least 4 members (excludes halogenated alkanes) is 1. The third-order valence-electron chi connectivity index (χ3n) is 8.92. The van der Waals surface area contributed by atoms with E-state index in [1.807, 2.05) is 12.4 Å². The van der Waals surface area contributed by atoms with E-state index in [1.54, 1.807) is 0 Å². The first-order chi connectivity index (χ1) is 19.5. The van der Waals surface area contributed by atoms with Gasteiger partial charge in [-0.15, -0.1) is 0 Å². The number of nitrogens with zero attached hydrogens (tertiary/aromatic N) is 3. The summed E-state index contributed by atoms with van der Waals surface area (Å²) in [6.07, 6.45) is 12.5. The fraction of sp³-hybridized carbons (Fsp3) is 0.472. The zero-order chi connectivity index (χ0) is 29.9. The quantitative estimate of drug-likeness (QED) is 0.223. The Morgan fingerprint density at radius 3 is 2.54 bits per heavy atom. The Kier molecular flexibility index (Phi) is 9.36. The fourth-order valence-electron chi connectivity index (χ4n) is 5.86. The minimum atomic E-state index is -0.513. The van der Waals surface area contributed by atoms with Crippen LogP contribution >= 0.6 is 0 Å². The lowest BCUT2D eigenvalue weighted by atomic mass is 9.76. The minimum absolute atomic E-state index is 0.219. The molecule has 218 valence electrons. The number of rotatable bonds is 11. The van der Waals surface area contributed by atoms with E-state index in [4.69, 9.17) is 4.99 Å². The van der Waals surface area contributed by atoms with Crippen molar-refractivity contribution < 1.29 is 4.79 Å². The maximum Gasteiger partial charge on any atom is 0.237 e. The third-order valence-corrected chi connectivity index (χ3v) is 8.92. The number of amides is 1. The molecule has 0 unspecified atom stereocenters. The highest BCUT2D eigenvalue weighted by Gasteiger charge is 2.49. The first-order valence-electron chi connectivity index (χ1n) is 15.3. The molecule has 1 amide bonds. The number of allylic oxidation sites excluding steroid dienone is 4. The molecule has 5 nitrogen and oxygen atoms in total. The van der Waals surface area contributed by atoms with Crippen LogP contribution in [0.15, 0.2) is 65.1 Å². The zero-order valence-electron chi connectivity index (χ0n) is 26.4. The van der Waals surface area contributed by atoms with Crippen molar-refractivity contribution in [1.29, 1.82) is 0 Å². The van der Waals surface area contributed by atoms with Crippen LogP contribution in [0.2, 0.25) is 0 Å². The largest absolute Gasteiger partial charge is 0.344 e. The first-order valence-corrected chi connectivity index (χ1v) is 15.3. The van der Waals surface area contributed by atoms with E-state index < -0.39 is 5.41 Å². The summed E-state index contributed by atoms with van der Waals surface area (Å²) in [6, 6.07) is 8.77. The molecule has 1 aliphatic carbocycles. The molecule has 0 radical (unpaired) electrons. The molecule has 1 aromatic carbocycles. The maximum absolute atomic E-state index is 13.6. The molecule has 1 fully saturated rings. The van der Waals surface area contributed by atoms with Gasteiger partial charge in [0.05, 0.1) is 11.1 Å². The fourth-order valence-corrected chi connectivity index (χ4v) is 5.86. The number of aromatic nitrogens is 1. The third kappa shape index (κ3) is 6.39. The summed E-state index contributed by atoms with van der Waals surface area (Å²) >= 11 is 0. The lowest BCUT2D eigenvalue weighted by molar-refractivity contribution is -0.123. The number of fused-ring (bicyclic) bond motifs is 1. The van der Waals surface area contributed by atoms with Crippen LogP contribution in [0.25, 0.3) is 5.57 Å². The second-order valence-electron chi connectivity index (χ2n) is 12.5. The standard InChI is InChI=1S/C36H48N4O/c1-10-12-16-37-32(26(6)27(7)39-34-18-23(3)25(5)22-38-34)17-24(4)29-14-15-31-33(21-29)40(35(41)36(31,8)9)30-19-28(20-30)13-11-2/h14-18,21-22,28,30H,4,10-13,19-20H2,1-3,5-9H3,(H,38,39)/b27-26+,32-17+,37-16?.